The molecule has 0 atom stereocenters. The summed E-state index contributed by atoms with van der Waals surface area (Å²) in [6.45, 7) is 0. The Morgan fingerprint density at radius 3 is 1.84 bits per heavy atom. The monoisotopic (exact) mass is 262 g/mol. The van der Waals surface area contributed by atoms with Gasteiger partial charge in [-0.1, -0.05) is 30.7 Å². The molecule has 0 saturated heterocycles. The molecule has 2 aromatic rings. The summed E-state index contributed by atoms with van der Waals surface area (Å²) in [5, 5.41) is 0. The molecule has 0 unspecified atom stereocenters. The SMILES string of the molecule is Fc1cc(-c2ccc(C3CCC3)cc2)cc(F)c1F. The molecular weight excluding hydrogens is 249 g/mol. The molecule has 3 rings (SSSR count). The fourth-order valence-corrected chi connectivity index (χ4v) is 2.41. The minimum Gasteiger partial charge on any atom is -0.204 e. The van der Waals surface area contributed by atoms with E-state index < -0.39 is 17.5 Å². The maximum atomic E-state index is 13.2. The molecule has 0 radical (unpaired) electrons. The number of hydrogen-bond acceptors (Lipinski definition) is 0. The van der Waals surface area contributed by atoms with Crippen LogP contribution in [0.25, 0.3) is 11.1 Å². The van der Waals surface area contributed by atoms with Crippen LogP contribution >= 0.6 is 0 Å². The zero-order valence-corrected chi connectivity index (χ0v) is 10.3. The first-order valence-electron chi connectivity index (χ1n) is 6.40. The third-order valence-electron chi connectivity index (χ3n) is 3.80. The van der Waals surface area contributed by atoms with Gasteiger partial charge in [-0.2, -0.15) is 0 Å². The van der Waals surface area contributed by atoms with Crippen LogP contribution in [0, 0.1) is 17.5 Å². The van der Waals surface area contributed by atoms with Crippen LogP contribution in [0.4, 0.5) is 13.2 Å². The third-order valence-corrected chi connectivity index (χ3v) is 3.80. The van der Waals surface area contributed by atoms with Gasteiger partial charge in [-0.25, -0.2) is 13.2 Å². The number of hydrogen-bond donors (Lipinski definition) is 0. The Morgan fingerprint density at radius 1 is 0.789 bits per heavy atom. The number of halogens is 3. The van der Waals surface area contributed by atoms with E-state index in [1.165, 1.54) is 24.8 Å². The van der Waals surface area contributed by atoms with Gasteiger partial charge in [0.15, 0.2) is 17.5 Å². The normalized spacial score (nSPS) is 15.3. The second-order valence-electron chi connectivity index (χ2n) is 5.00. The molecule has 0 nitrogen and oxygen atoms in total. The zero-order valence-electron chi connectivity index (χ0n) is 10.3. The Hall–Kier alpha value is -1.77. The Balaban J connectivity index is 1.93. The van der Waals surface area contributed by atoms with Gasteiger partial charge in [0.25, 0.3) is 0 Å². The van der Waals surface area contributed by atoms with Gasteiger partial charge in [0.05, 0.1) is 0 Å². The molecule has 0 heterocycles. The summed E-state index contributed by atoms with van der Waals surface area (Å²) in [6.07, 6.45) is 3.68. The molecule has 0 aliphatic heterocycles. The van der Waals surface area contributed by atoms with Crippen molar-refractivity contribution in [2.75, 3.05) is 0 Å². The van der Waals surface area contributed by atoms with Crippen molar-refractivity contribution in [1.29, 1.82) is 0 Å². The van der Waals surface area contributed by atoms with E-state index in [4.69, 9.17) is 0 Å². The fraction of sp³-hybridized carbons (Fsp3) is 0.250. The van der Waals surface area contributed by atoms with Crippen molar-refractivity contribution in [3.63, 3.8) is 0 Å². The maximum absolute atomic E-state index is 13.2. The summed E-state index contributed by atoms with van der Waals surface area (Å²) < 4.78 is 39.3. The van der Waals surface area contributed by atoms with Gasteiger partial charge in [-0.05, 0) is 47.6 Å². The summed E-state index contributed by atoms with van der Waals surface area (Å²) in [6, 6.07) is 9.68. The second kappa shape index (κ2) is 4.72. The predicted molar refractivity (Wildman–Crippen MR) is 68.3 cm³/mol. The largest absolute Gasteiger partial charge is 0.204 e. The Kier molecular flexibility index (Phi) is 3.05. The van der Waals surface area contributed by atoms with Crippen molar-refractivity contribution >= 4 is 0 Å². The van der Waals surface area contributed by atoms with Crippen LogP contribution in [0.3, 0.4) is 0 Å². The molecule has 98 valence electrons. The topological polar surface area (TPSA) is 0 Å². The van der Waals surface area contributed by atoms with Crippen LogP contribution in [-0.4, -0.2) is 0 Å². The lowest BCUT2D eigenvalue weighted by Gasteiger charge is -2.25. The minimum absolute atomic E-state index is 0.358. The quantitative estimate of drug-likeness (QED) is 0.665. The van der Waals surface area contributed by atoms with Crippen molar-refractivity contribution in [1.82, 2.24) is 0 Å². The van der Waals surface area contributed by atoms with E-state index in [0.29, 0.717) is 17.0 Å². The first-order valence-corrected chi connectivity index (χ1v) is 6.40. The number of rotatable bonds is 2. The van der Waals surface area contributed by atoms with Crippen molar-refractivity contribution in [2.24, 2.45) is 0 Å². The van der Waals surface area contributed by atoms with Crippen LogP contribution in [0.5, 0.6) is 0 Å². The van der Waals surface area contributed by atoms with Crippen molar-refractivity contribution in [3.8, 4) is 11.1 Å². The number of benzene rings is 2. The summed E-state index contributed by atoms with van der Waals surface area (Å²) in [4.78, 5) is 0. The van der Waals surface area contributed by atoms with Crippen LogP contribution in [0.2, 0.25) is 0 Å². The van der Waals surface area contributed by atoms with E-state index in [2.05, 4.69) is 0 Å². The second-order valence-corrected chi connectivity index (χ2v) is 5.00. The van der Waals surface area contributed by atoms with Crippen molar-refractivity contribution in [3.05, 3.63) is 59.4 Å². The maximum Gasteiger partial charge on any atom is 0.194 e. The zero-order chi connectivity index (χ0) is 13.4. The summed E-state index contributed by atoms with van der Waals surface area (Å²) in [7, 11) is 0. The Labute approximate surface area is 109 Å². The summed E-state index contributed by atoms with van der Waals surface area (Å²) in [5.74, 6) is -3.11. The van der Waals surface area contributed by atoms with Crippen LogP contribution in [-0.2, 0) is 0 Å². The van der Waals surface area contributed by atoms with Gasteiger partial charge in [0, 0.05) is 0 Å². The molecule has 19 heavy (non-hydrogen) atoms. The van der Waals surface area contributed by atoms with Gasteiger partial charge in [-0.3, -0.25) is 0 Å². The summed E-state index contributed by atoms with van der Waals surface area (Å²) in [5.41, 5.74) is 2.32. The van der Waals surface area contributed by atoms with Gasteiger partial charge in [-0.15, -0.1) is 0 Å². The van der Waals surface area contributed by atoms with Crippen LogP contribution in [0.1, 0.15) is 30.7 Å². The van der Waals surface area contributed by atoms with E-state index in [0.717, 1.165) is 12.1 Å². The smallest absolute Gasteiger partial charge is 0.194 e. The molecule has 1 aliphatic carbocycles. The van der Waals surface area contributed by atoms with Crippen LogP contribution in [0.15, 0.2) is 36.4 Å². The molecule has 3 heteroatoms. The highest BCUT2D eigenvalue weighted by Crippen LogP contribution is 2.37. The molecule has 1 saturated carbocycles. The Bertz CT molecular complexity index is 575. The first kappa shape index (κ1) is 12.3. The third kappa shape index (κ3) is 2.25. The molecule has 2 aromatic carbocycles. The lowest BCUT2D eigenvalue weighted by molar-refractivity contribution is 0.420. The van der Waals surface area contributed by atoms with E-state index in [9.17, 15) is 13.2 Å². The molecule has 0 spiro atoms. The Morgan fingerprint density at radius 2 is 1.37 bits per heavy atom. The molecule has 0 aromatic heterocycles. The van der Waals surface area contributed by atoms with E-state index in [1.807, 2.05) is 24.3 Å². The average molecular weight is 262 g/mol. The molecule has 1 fully saturated rings. The highest BCUT2D eigenvalue weighted by molar-refractivity contribution is 5.64. The molecule has 1 aliphatic rings. The van der Waals surface area contributed by atoms with Gasteiger partial charge in [0.1, 0.15) is 0 Å². The standard InChI is InChI=1S/C16H13F3/c17-14-8-13(9-15(18)16(14)19)12-6-4-11(5-7-12)10-2-1-3-10/h4-10H,1-3H2. The highest BCUT2D eigenvalue weighted by atomic mass is 19.2. The fourth-order valence-electron chi connectivity index (χ4n) is 2.41. The molecule has 0 amide bonds. The van der Waals surface area contributed by atoms with E-state index >= 15 is 0 Å². The summed E-state index contributed by atoms with van der Waals surface area (Å²) >= 11 is 0. The van der Waals surface area contributed by atoms with E-state index in [-0.39, 0.29) is 0 Å². The minimum atomic E-state index is -1.42. The van der Waals surface area contributed by atoms with Gasteiger partial charge in [0.2, 0.25) is 0 Å². The van der Waals surface area contributed by atoms with E-state index in [1.54, 1.807) is 0 Å². The average Bonchev–Trinajstić information content (AvgIpc) is 2.34. The van der Waals surface area contributed by atoms with Gasteiger partial charge < -0.3 is 0 Å². The molecule has 0 bridgehead atoms. The predicted octanol–water partition coefficient (Wildman–Crippen LogP) is 5.04. The highest BCUT2D eigenvalue weighted by Gasteiger charge is 2.19. The molecular formula is C16H13F3. The lowest BCUT2D eigenvalue weighted by Crippen LogP contribution is -2.08. The van der Waals surface area contributed by atoms with Crippen LogP contribution < -0.4 is 0 Å². The first-order chi connectivity index (χ1) is 9.15. The van der Waals surface area contributed by atoms with Crippen molar-refractivity contribution < 1.29 is 13.2 Å². The van der Waals surface area contributed by atoms with Crippen molar-refractivity contribution in [2.45, 2.75) is 25.2 Å². The van der Waals surface area contributed by atoms with Gasteiger partial charge >= 0.3 is 0 Å². The molecule has 0 N–H and O–H groups in total. The lowest BCUT2D eigenvalue weighted by atomic mass is 9.80.